The number of ether oxygens (including phenoxy) is 11. The van der Waals surface area contributed by atoms with Crippen molar-refractivity contribution in [1.29, 1.82) is 5.41 Å². The SMILES string of the molecule is CC(=O)OC1C(COCc2ccccc2)OC(OC(=N)C(Cl)(Cl)Cl)C(OC(C)=O)C1OC(C)=O.CC(=O)OC1C(O)OC(COCc2ccccc2)C(OC(C)=O)C1OC(C)=O. The lowest BCUT2D eigenvalue weighted by Crippen LogP contribution is -2.63. The molecular weight excluding hydrogens is 889 g/mol. The van der Waals surface area contributed by atoms with Crippen LogP contribution in [0, 0.1) is 5.41 Å². The van der Waals surface area contributed by atoms with Crippen LogP contribution in [-0.4, -0.2) is 125 Å². The molecule has 2 aromatic carbocycles. The number of aliphatic hydroxyl groups is 1. The van der Waals surface area contributed by atoms with E-state index in [2.05, 4.69) is 0 Å². The molecule has 22 heteroatoms. The van der Waals surface area contributed by atoms with Gasteiger partial charge in [-0.2, -0.15) is 0 Å². The monoisotopic (exact) mass is 935 g/mol. The molecule has 62 heavy (non-hydrogen) atoms. The zero-order valence-corrected chi connectivity index (χ0v) is 36.7. The summed E-state index contributed by atoms with van der Waals surface area (Å²) >= 11 is 17.1. The molecule has 0 saturated carbocycles. The van der Waals surface area contributed by atoms with Gasteiger partial charge in [0.2, 0.25) is 18.3 Å². The Bertz CT molecular complexity index is 1820. The van der Waals surface area contributed by atoms with Crippen LogP contribution in [0.2, 0.25) is 0 Å². The summed E-state index contributed by atoms with van der Waals surface area (Å²) < 4.78 is 57.1. The molecule has 19 nitrogen and oxygen atoms in total. The summed E-state index contributed by atoms with van der Waals surface area (Å²) in [5, 5.41) is 18.1. The van der Waals surface area contributed by atoms with Crippen molar-refractivity contribution in [2.75, 3.05) is 13.2 Å². The summed E-state index contributed by atoms with van der Waals surface area (Å²) in [5.74, 6) is -5.18. The molecule has 0 aliphatic carbocycles. The maximum atomic E-state index is 11.8. The fourth-order valence-electron chi connectivity index (χ4n) is 6.01. The largest absolute Gasteiger partial charge is 0.456 e. The van der Waals surface area contributed by atoms with Crippen LogP contribution in [0.5, 0.6) is 0 Å². The Morgan fingerprint density at radius 1 is 0.532 bits per heavy atom. The van der Waals surface area contributed by atoms with Crippen LogP contribution >= 0.6 is 34.8 Å². The average Bonchev–Trinajstić information content (AvgIpc) is 3.17. The van der Waals surface area contributed by atoms with Gasteiger partial charge in [0.05, 0.1) is 26.4 Å². The highest BCUT2D eigenvalue weighted by Crippen LogP contribution is 2.34. The van der Waals surface area contributed by atoms with Crippen molar-refractivity contribution in [3.05, 3.63) is 71.8 Å². The maximum Gasteiger partial charge on any atom is 0.303 e. The Kier molecular flexibility index (Phi) is 20.8. The predicted molar refractivity (Wildman–Crippen MR) is 214 cm³/mol. The van der Waals surface area contributed by atoms with E-state index in [0.717, 1.165) is 45.7 Å². The van der Waals surface area contributed by atoms with Crippen LogP contribution in [-0.2, 0) is 94.1 Å². The molecule has 0 bridgehead atoms. The Labute approximate surface area is 371 Å². The second kappa shape index (κ2) is 24.9. The van der Waals surface area contributed by atoms with Crippen molar-refractivity contribution in [2.24, 2.45) is 0 Å². The summed E-state index contributed by atoms with van der Waals surface area (Å²) in [7, 11) is 0. The van der Waals surface area contributed by atoms with E-state index in [1.165, 1.54) is 6.92 Å². The number of hydrogen-bond acceptors (Lipinski definition) is 19. The minimum Gasteiger partial charge on any atom is -0.456 e. The van der Waals surface area contributed by atoms with Gasteiger partial charge in [-0.15, -0.1) is 0 Å². The number of carbonyl (C=O) groups excluding carboxylic acids is 6. The number of nitrogens with one attached hydrogen (secondary N) is 1. The molecule has 342 valence electrons. The first-order chi connectivity index (χ1) is 29.2. The second-order valence-electron chi connectivity index (χ2n) is 13.5. The molecule has 0 amide bonds. The number of alkyl halides is 3. The molecule has 10 unspecified atom stereocenters. The standard InChI is InChI=1S/C21H24Cl3NO9.C19H24O9/c1-11(26)30-16-15(10-29-9-14-7-5-4-6-8-14)33-19(34-20(25)21(22,23)24)18(32-13(3)28)17(16)31-12(2)27;1-11(20)25-16-15(10-24-9-14-7-5-4-6-8-14)28-19(23)18(27-13(3)22)17(16)26-12(2)21/h4-8,15-19,25H,9-10H2,1-3H3;4-8,15-19,23H,9-10H2,1-3H3. The molecule has 2 aromatic rings. The van der Waals surface area contributed by atoms with Crippen LogP contribution in [0.4, 0.5) is 0 Å². The van der Waals surface area contributed by atoms with E-state index in [0.29, 0.717) is 0 Å². The van der Waals surface area contributed by atoms with Crippen molar-refractivity contribution in [3.8, 4) is 0 Å². The first-order valence-corrected chi connectivity index (χ1v) is 19.9. The molecule has 2 aliphatic rings. The van der Waals surface area contributed by atoms with Crippen LogP contribution < -0.4 is 0 Å². The zero-order valence-electron chi connectivity index (χ0n) is 34.4. The van der Waals surface area contributed by atoms with Gasteiger partial charge in [-0.05, 0) is 11.1 Å². The third-order valence-electron chi connectivity index (χ3n) is 8.29. The molecule has 0 radical (unpaired) electrons. The number of hydrogen-bond donors (Lipinski definition) is 2. The normalized spacial score (nSPS) is 25.6. The van der Waals surface area contributed by atoms with Gasteiger partial charge in [0, 0.05) is 41.5 Å². The smallest absolute Gasteiger partial charge is 0.303 e. The van der Waals surface area contributed by atoms with E-state index < -0.39 is 107 Å². The van der Waals surface area contributed by atoms with Gasteiger partial charge < -0.3 is 57.2 Å². The number of rotatable bonds is 15. The van der Waals surface area contributed by atoms with Crippen LogP contribution in [0.25, 0.3) is 0 Å². The highest BCUT2D eigenvalue weighted by molar-refractivity contribution is 6.76. The number of esters is 6. The van der Waals surface area contributed by atoms with Crippen LogP contribution in [0.1, 0.15) is 52.7 Å². The minimum atomic E-state index is -2.26. The summed E-state index contributed by atoms with van der Waals surface area (Å²) in [6.45, 7) is 7.05. The molecule has 0 spiro atoms. The summed E-state index contributed by atoms with van der Waals surface area (Å²) in [6, 6.07) is 18.6. The van der Waals surface area contributed by atoms with E-state index in [9.17, 15) is 33.9 Å². The number of halogens is 3. The van der Waals surface area contributed by atoms with Crippen LogP contribution in [0.15, 0.2) is 60.7 Å². The molecule has 0 aromatic heterocycles. The van der Waals surface area contributed by atoms with E-state index >= 15 is 0 Å². The predicted octanol–water partition coefficient (Wildman–Crippen LogP) is 3.80. The van der Waals surface area contributed by atoms with Crippen LogP contribution in [0.3, 0.4) is 0 Å². The lowest BCUT2D eigenvalue weighted by Gasteiger charge is -2.44. The first-order valence-electron chi connectivity index (χ1n) is 18.7. The van der Waals surface area contributed by atoms with Crippen molar-refractivity contribution in [3.63, 3.8) is 0 Å². The molecular formula is C40H48Cl3NO18. The van der Waals surface area contributed by atoms with Crippen molar-refractivity contribution >= 4 is 76.5 Å². The lowest BCUT2D eigenvalue weighted by molar-refractivity contribution is -0.297. The van der Waals surface area contributed by atoms with E-state index in [1.54, 1.807) is 0 Å². The van der Waals surface area contributed by atoms with E-state index in [1.807, 2.05) is 60.7 Å². The van der Waals surface area contributed by atoms with Crippen molar-refractivity contribution in [2.45, 2.75) is 120 Å². The Morgan fingerprint density at radius 2 is 0.871 bits per heavy atom. The molecule has 2 fully saturated rings. The highest BCUT2D eigenvalue weighted by atomic mass is 35.6. The summed E-state index contributed by atoms with van der Waals surface area (Å²) in [4.78, 5) is 69.9. The minimum absolute atomic E-state index is 0.0611. The highest BCUT2D eigenvalue weighted by Gasteiger charge is 2.54. The summed E-state index contributed by atoms with van der Waals surface area (Å²) in [5.41, 5.74) is 1.78. The molecule has 2 aliphatic heterocycles. The third kappa shape index (κ3) is 17.3. The van der Waals surface area contributed by atoms with Gasteiger partial charge in [0.15, 0.2) is 36.8 Å². The topological polar surface area (TPSA) is 248 Å². The number of carbonyl (C=O) groups is 6. The van der Waals surface area contributed by atoms with Gasteiger partial charge >= 0.3 is 35.8 Å². The van der Waals surface area contributed by atoms with E-state index in [4.69, 9.17) is 92.3 Å². The van der Waals surface area contributed by atoms with Gasteiger partial charge in [-0.25, -0.2) is 0 Å². The third-order valence-corrected chi connectivity index (χ3v) is 8.81. The second-order valence-corrected chi connectivity index (χ2v) is 15.8. The fraction of sp³-hybridized carbons (Fsp3) is 0.525. The molecule has 4 rings (SSSR count). The van der Waals surface area contributed by atoms with Gasteiger partial charge in [-0.3, -0.25) is 34.2 Å². The Balaban J connectivity index is 0.000000336. The molecule has 2 saturated heterocycles. The quantitative estimate of drug-likeness (QED) is 0.0847. The maximum absolute atomic E-state index is 11.8. The number of benzene rings is 2. The first kappa shape index (κ1) is 51.7. The zero-order chi connectivity index (χ0) is 46.1. The molecule has 10 atom stereocenters. The van der Waals surface area contributed by atoms with Gasteiger partial charge in [0.25, 0.3) is 3.79 Å². The van der Waals surface area contributed by atoms with Crippen molar-refractivity contribution < 1.29 is 86.0 Å². The fourth-order valence-corrected chi connectivity index (χ4v) is 6.14. The molecule has 2 heterocycles. The Hall–Kier alpha value is -4.60. The average molecular weight is 937 g/mol. The van der Waals surface area contributed by atoms with Crippen molar-refractivity contribution in [1.82, 2.24) is 0 Å². The number of aliphatic hydroxyl groups excluding tert-OH is 1. The lowest BCUT2D eigenvalue weighted by atomic mass is 9.98. The summed E-state index contributed by atoms with van der Waals surface area (Å²) in [6.07, 6.45) is -13.0. The van der Waals surface area contributed by atoms with E-state index in [-0.39, 0.29) is 26.4 Å². The van der Waals surface area contributed by atoms with Gasteiger partial charge in [-0.1, -0.05) is 95.5 Å². The van der Waals surface area contributed by atoms with Gasteiger partial charge in [0.1, 0.15) is 12.2 Å². The molecule has 2 N–H and O–H groups in total. The Morgan fingerprint density at radius 3 is 1.26 bits per heavy atom.